The maximum absolute atomic E-state index is 12.6. The summed E-state index contributed by atoms with van der Waals surface area (Å²) in [4.78, 5) is 17.0. The normalized spacial score (nSPS) is 13.2. The fraction of sp³-hybridized carbons (Fsp3) is 0.176. The van der Waals surface area contributed by atoms with Crippen LogP contribution in [0.3, 0.4) is 0 Å². The Bertz CT molecular complexity index is 821. The molecular formula is C17H15Cl2N3O2. The Morgan fingerprint density at radius 3 is 2.75 bits per heavy atom. The first-order chi connectivity index (χ1) is 11.6. The average molecular weight is 364 g/mol. The Hall–Kier alpha value is -2.24. The molecule has 7 heteroatoms. The summed E-state index contributed by atoms with van der Waals surface area (Å²) in [6.45, 7) is 1.57. The van der Waals surface area contributed by atoms with Crippen LogP contribution < -0.4 is 15.4 Å². The van der Waals surface area contributed by atoms with E-state index in [9.17, 15) is 4.79 Å². The monoisotopic (exact) mass is 363 g/mol. The second-order valence-corrected chi connectivity index (χ2v) is 5.94. The minimum atomic E-state index is -0.391. The first kappa shape index (κ1) is 16.6. The lowest BCUT2D eigenvalue weighted by atomic mass is 10.1. The summed E-state index contributed by atoms with van der Waals surface area (Å²) in [5.41, 5.74) is 1.75. The summed E-state index contributed by atoms with van der Waals surface area (Å²) >= 11 is 12.2. The molecule has 1 aliphatic heterocycles. The number of ether oxygens (including phenoxy) is 1. The molecule has 0 spiro atoms. The highest BCUT2D eigenvalue weighted by Crippen LogP contribution is 2.34. The molecule has 3 rings (SSSR count). The van der Waals surface area contributed by atoms with Crippen molar-refractivity contribution >= 4 is 40.6 Å². The minimum Gasteiger partial charge on any atom is -0.494 e. The lowest BCUT2D eigenvalue weighted by molar-refractivity contribution is 0.102. The summed E-state index contributed by atoms with van der Waals surface area (Å²) in [6, 6.07) is 10.6. The van der Waals surface area contributed by atoms with E-state index in [-0.39, 0.29) is 16.3 Å². The number of halogens is 2. The Balaban J connectivity index is 1.88. The number of hydrogen-bond acceptors (Lipinski definition) is 4. The molecule has 0 saturated heterocycles. The van der Waals surface area contributed by atoms with Crippen LogP contribution in [-0.2, 0) is 0 Å². The van der Waals surface area contributed by atoms with E-state index in [0.29, 0.717) is 10.7 Å². The number of hydrogen-bond donors (Lipinski definition) is 2. The number of nitrogens with one attached hydrogen (secondary N) is 2. The highest BCUT2D eigenvalue weighted by Gasteiger charge is 2.20. The van der Waals surface area contributed by atoms with E-state index in [0.717, 1.165) is 24.5 Å². The standard InChI is InChI=1S/C17H15Cl2N3O2/c1-24-15-13(19)6-5-12(18)14(15)17(23)22-11-4-2-3-10(9-11)16-20-7-8-21-16/h2-6,9H,7-8H2,1H3,(H,20,21)(H,22,23). The van der Waals surface area contributed by atoms with Crippen LogP contribution in [0.15, 0.2) is 41.4 Å². The quantitative estimate of drug-likeness (QED) is 0.871. The van der Waals surface area contributed by atoms with Crippen LogP contribution in [0.4, 0.5) is 5.69 Å². The molecule has 5 nitrogen and oxygen atoms in total. The highest BCUT2D eigenvalue weighted by molar-refractivity contribution is 6.37. The van der Waals surface area contributed by atoms with Crippen molar-refractivity contribution in [1.29, 1.82) is 0 Å². The van der Waals surface area contributed by atoms with Crippen LogP contribution in [0.5, 0.6) is 5.75 Å². The number of amidine groups is 1. The molecule has 0 aromatic heterocycles. The number of nitrogens with zero attached hydrogens (tertiary/aromatic N) is 1. The molecule has 0 fully saturated rings. The molecule has 2 N–H and O–H groups in total. The van der Waals surface area contributed by atoms with Crippen molar-refractivity contribution in [2.75, 3.05) is 25.5 Å². The molecule has 0 bridgehead atoms. The SMILES string of the molecule is COc1c(Cl)ccc(Cl)c1C(=O)Nc1cccc(C2=NCCN2)c1. The fourth-order valence-corrected chi connectivity index (χ4v) is 2.94. The first-order valence-corrected chi connectivity index (χ1v) is 8.08. The maximum atomic E-state index is 12.6. The van der Waals surface area contributed by atoms with Crippen LogP contribution in [0.25, 0.3) is 0 Å². The lowest BCUT2D eigenvalue weighted by Gasteiger charge is -2.13. The largest absolute Gasteiger partial charge is 0.494 e. The third kappa shape index (κ3) is 3.32. The van der Waals surface area contributed by atoms with E-state index in [1.165, 1.54) is 7.11 Å². The number of methoxy groups -OCH3 is 1. The first-order valence-electron chi connectivity index (χ1n) is 7.32. The zero-order valence-corrected chi connectivity index (χ0v) is 14.4. The number of anilines is 1. The predicted octanol–water partition coefficient (Wildman–Crippen LogP) is 3.60. The maximum Gasteiger partial charge on any atom is 0.261 e. The van der Waals surface area contributed by atoms with Crippen molar-refractivity contribution in [2.24, 2.45) is 4.99 Å². The van der Waals surface area contributed by atoms with Gasteiger partial charge in [-0.3, -0.25) is 9.79 Å². The topological polar surface area (TPSA) is 62.7 Å². The van der Waals surface area contributed by atoms with Crippen molar-refractivity contribution in [2.45, 2.75) is 0 Å². The Kier molecular flexibility index (Phi) is 4.92. The van der Waals surface area contributed by atoms with Gasteiger partial charge in [-0.1, -0.05) is 35.3 Å². The highest BCUT2D eigenvalue weighted by atomic mass is 35.5. The van der Waals surface area contributed by atoms with Crippen LogP contribution in [0.2, 0.25) is 10.0 Å². The number of carbonyl (C=O) groups excluding carboxylic acids is 1. The van der Waals surface area contributed by atoms with Gasteiger partial charge in [0.25, 0.3) is 5.91 Å². The van der Waals surface area contributed by atoms with Crippen molar-refractivity contribution in [1.82, 2.24) is 5.32 Å². The summed E-state index contributed by atoms with van der Waals surface area (Å²) in [7, 11) is 1.44. The van der Waals surface area contributed by atoms with Gasteiger partial charge >= 0.3 is 0 Å². The summed E-state index contributed by atoms with van der Waals surface area (Å²) in [5.74, 6) is 0.682. The molecule has 1 heterocycles. The molecule has 0 unspecified atom stereocenters. The minimum absolute atomic E-state index is 0.202. The summed E-state index contributed by atoms with van der Waals surface area (Å²) < 4.78 is 5.21. The number of benzene rings is 2. The van der Waals surface area contributed by atoms with Gasteiger partial charge in [-0.15, -0.1) is 0 Å². The summed E-state index contributed by atoms with van der Waals surface area (Å²) in [6.07, 6.45) is 0. The van der Waals surface area contributed by atoms with E-state index < -0.39 is 5.91 Å². The smallest absolute Gasteiger partial charge is 0.261 e. The Labute approximate surface area is 149 Å². The number of aliphatic imine (C=N–C) groups is 1. The summed E-state index contributed by atoms with van der Waals surface area (Å²) in [5, 5.41) is 6.61. The van der Waals surface area contributed by atoms with Crippen molar-refractivity contribution in [3.8, 4) is 5.75 Å². The van der Waals surface area contributed by atoms with Gasteiger partial charge in [0.05, 0.1) is 23.7 Å². The average Bonchev–Trinajstić information content (AvgIpc) is 3.11. The molecule has 2 aromatic carbocycles. The number of carbonyl (C=O) groups is 1. The molecule has 1 amide bonds. The zero-order valence-electron chi connectivity index (χ0n) is 12.9. The van der Waals surface area contributed by atoms with Crippen LogP contribution in [-0.4, -0.2) is 31.9 Å². The Morgan fingerprint density at radius 2 is 2.04 bits per heavy atom. The number of amides is 1. The molecule has 1 aliphatic rings. The predicted molar refractivity (Wildman–Crippen MR) is 96.8 cm³/mol. The van der Waals surface area contributed by atoms with Crippen LogP contribution in [0.1, 0.15) is 15.9 Å². The van der Waals surface area contributed by atoms with Gasteiger partial charge in [-0.05, 0) is 24.3 Å². The van der Waals surface area contributed by atoms with E-state index in [2.05, 4.69) is 15.6 Å². The van der Waals surface area contributed by atoms with E-state index in [1.807, 2.05) is 18.2 Å². The molecule has 0 atom stereocenters. The van der Waals surface area contributed by atoms with Crippen molar-refractivity contribution in [3.63, 3.8) is 0 Å². The van der Waals surface area contributed by atoms with E-state index in [1.54, 1.807) is 18.2 Å². The van der Waals surface area contributed by atoms with E-state index in [4.69, 9.17) is 27.9 Å². The van der Waals surface area contributed by atoms with E-state index >= 15 is 0 Å². The molecule has 0 saturated carbocycles. The molecule has 124 valence electrons. The number of rotatable bonds is 4. The van der Waals surface area contributed by atoms with Crippen LogP contribution >= 0.6 is 23.2 Å². The molecule has 2 aromatic rings. The zero-order chi connectivity index (χ0) is 17.1. The van der Waals surface area contributed by atoms with Gasteiger partial charge in [0.1, 0.15) is 11.4 Å². The van der Waals surface area contributed by atoms with Crippen molar-refractivity contribution < 1.29 is 9.53 Å². The molecular weight excluding hydrogens is 349 g/mol. The third-order valence-electron chi connectivity index (χ3n) is 3.56. The van der Waals surface area contributed by atoms with Gasteiger partial charge in [-0.2, -0.15) is 0 Å². The molecule has 0 radical (unpaired) electrons. The molecule has 0 aliphatic carbocycles. The fourth-order valence-electron chi connectivity index (χ4n) is 2.47. The van der Waals surface area contributed by atoms with Crippen LogP contribution in [0, 0.1) is 0 Å². The second-order valence-electron chi connectivity index (χ2n) is 5.13. The molecule has 24 heavy (non-hydrogen) atoms. The van der Waals surface area contributed by atoms with Gasteiger partial charge in [0.2, 0.25) is 0 Å². The van der Waals surface area contributed by atoms with Gasteiger partial charge in [-0.25, -0.2) is 0 Å². The lowest BCUT2D eigenvalue weighted by Crippen LogP contribution is -2.20. The van der Waals surface area contributed by atoms with Gasteiger partial charge in [0.15, 0.2) is 5.75 Å². The Morgan fingerprint density at radius 1 is 1.25 bits per heavy atom. The van der Waals surface area contributed by atoms with Gasteiger partial charge < -0.3 is 15.4 Å². The second kappa shape index (κ2) is 7.11. The van der Waals surface area contributed by atoms with Gasteiger partial charge in [0, 0.05) is 17.8 Å². The third-order valence-corrected chi connectivity index (χ3v) is 4.17. The van der Waals surface area contributed by atoms with Crippen molar-refractivity contribution in [3.05, 3.63) is 57.6 Å².